The van der Waals surface area contributed by atoms with Gasteiger partial charge in [0.05, 0.1) is 10.5 Å². The fourth-order valence-electron chi connectivity index (χ4n) is 2.50. The van der Waals surface area contributed by atoms with Crippen LogP contribution >= 0.6 is 0 Å². The van der Waals surface area contributed by atoms with Crippen LogP contribution in [0, 0.1) is 13.8 Å². The number of amides is 1. The molecule has 0 aromatic heterocycles. The number of esters is 1. The predicted molar refractivity (Wildman–Crippen MR) is 102 cm³/mol. The molecule has 0 radical (unpaired) electrons. The first kappa shape index (κ1) is 20.6. The Labute approximate surface area is 159 Å². The van der Waals surface area contributed by atoms with Crippen LogP contribution in [0.15, 0.2) is 47.4 Å². The highest BCUT2D eigenvalue weighted by molar-refractivity contribution is 7.90. The minimum absolute atomic E-state index is 0.0306. The quantitative estimate of drug-likeness (QED) is 0.709. The van der Waals surface area contributed by atoms with E-state index in [0.29, 0.717) is 12.1 Å². The summed E-state index contributed by atoms with van der Waals surface area (Å²) >= 11 is 0. The molecule has 1 amide bonds. The number of carbonyl (C=O) groups is 2. The van der Waals surface area contributed by atoms with E-state index in [1.807, 2.05) is 31.2 Å². The molecule has 7 heteroatoms. The topological polar surface area (TPSA) is 80.8 Å². The van der Waals surface area contributed by atoms with Gasteiger partial charge in [-0.3, -0.25) is 4.79 Å². The molecule has 0 aliphatic heterocycles. The molecule has 2 rings (SSSR count). The van der Waals surface area contributed by atoms with Gasteiger partial charge < -0.3 is 9.64 Å². The number of rotatable bonds is 6. The van der Waals surface area contributed by atoms with E-state index < -0.39 is 22.4 Å². The molecule has 6 nitrogen and oxygen atoms in total. The Hall–Kier alpha value is -2.67. The molecule has 2 aromatic carbocycles. The van der Waals surface area contributed by atoms with Crippen molar-refractivity contribution in [1.29, 1.82) is 0 Å². The lowest BCUT2D eigenvalue weighted by Crippen LogP contribution is -2.31. The molecule has 0 unspecified atom stereocenters. The van der Waals surface area contributed by atoms with Gasteiger partial charge in [-0.1, -0.05) is 30.3 Å². The number of hydrogen-bond acceptors (Lipinski definition) is 5. The van der Waals surface area contributed by atoms with Crippen molar-refractivity contribution in [3.8, 4) is 0 Å². The molecular weight excluding hydrogens is 366 g/mol. The molecule has 144 valence electrons. The summed E-state index contributed by atoms with van der Waals surface area (Å²) < 4.78 is 28.4. The maximum Gasteiger partial charge on any atom is 0.338 e. The summed E-state index contributed by atoms with van der Waals surface area (Å²) in [7, 11) is -1.80. The Kier molecular flexibility index (Phi) is 6.38. The van der Waals surface area contributed by atoms with Gasteiger partial charge in [0.2, 0.25) is 0 Å². The SMILES string of the molecule is Cc1ccccc1CN(C)C(=O)COC(=O)c1cc(S(C)(=O)=O)ccc1C. The standard InChI is InChI=1S/C20H23NO5S/c1-14-7-5-6-8-16(14)12-21(3)19(22)13-26-20(23)18-11-17(27(4,24)25)10-9-15(18)2/h5-11H,12-13H2,1-4H3. The number of sulfone groups is 1. The summed E-state index contributed by atoms with van der Waals surface area (Å²) in [5.41, 5.74) is 2.79. The van der Waals surface area contributed by atoms with Gasteiger partial charge in [-0.15, -0.1) is 0 Å². The van der Waals surface area contributed by atoms with E-state index in [9.17, 15) is 18.0 Å². The lowest BCUT2D eigenvalue weighted by Gasteiger charge is -2.18. The minimum Gasteiger partial charge on any atom is -0.452 e. The van der Waals surface area contributed by atoms with E-state index in [0.717, 1.165) is 17.4 Å². The predicted octanol–water partition coefficient (Wildman–Crippen LogP) is 2.52. The van der Waals surface area contributed by atoms with Crippen molar-refractivity contribution < 1.29 is 22.7 Å². The second-order valence-corrected chi connectivity index (χ2v) is 8.52. The van der Waals surface area contributed by atoms with Crippen molar-refractivity contribution in [2.24, 2.45) is 0 Å². The highest BCUT2D eigenvalue weighted by atomic mass is 32.2. The second kappa shape index (κ2) is 8.35. The molecule has 0 aliphatic carbocycles. The van der Waals surface area contributed by atoms with Crippen molar-refractivity contribution in [3.05, 3.63) is 64.7 Å². The van der Waals surface area contributed by atoms with Crippen molar-refractivity contribution in [2.45, 2.75) is 25.3 Å². The van der Waals surface area contributed by atoms with Crippen LogP contribution in [0.2, 0.25) is 0 Å². The number of hydrogen-bond donors (Lipinski definition) is 0. The summed E-state index contributed by atoms with van der Waals surface area (Å²) in [4.78, 5) is 26.1. The monoisotopic (exact) mass is 389 g/mol. The average molecular weight is 389 g/mol. The van der Waals surface area contributed by atoms with Crippen molar-refractivity contribution in [3.63, 3.8) is 0 Å². The third-order valence-electron chi connectivity index (χ3n) is 4.28. The van der Waals surface area contributed by atoms with Crippen LogP contribution in [0.3, 0.4) is 0 Å². The first-order valence-electron chi connectivity index (χ1n) is 8.36. The van der Waals surface area contributed by atoms with Crippen molar-refractivity contribution in [1.82, 2.24) is 4.90 Å². The lowest BCUT2D eigenvalue weighted by molar-refractivity contribution is -0.133. The molecule has 0 saturated carbocycles. The smallest absolute Gasteiger partial charge is 0.338 e. The first-order chi connectivity index (χ1) is 12.6. The Morgan fingerprint density at radius 3 is 2.33 bits per heavy atom. The van der Waals surface area contributed by atoms with Crippen LogP contribution < -0.4 is 0 Å². The number of nitrogens with zero attached hydrogens (tertiary/aromatic N) is 1. The molecule has 0 bridgehead atoms. The van der Waals surface area contributed by atoms with Gasteiger partial charge >= 0.3 is 5.97 Å². The molecule has 0 N–H and O–H groups in total. The fraction of sp³-hybridized carbons (Fsp3) is 0.300. The first-order valence-corrected chi connectivity index (χ1v) is 10.2. The number of aryl methyl sites for hydroxylation is 2. The molecule has 27 heavy (non-hydrogen) atoms. The van der Waals surface area contributed by atoms with E-state index in [4.69, 9.17) is 4.74 Å². The summed E-state index contributed by atoms with van der Waals surface area (Å²) in [5, 5.41) is 0. The van der Waals surface area contributed by atoms with Crippen LogP contribution in [0.5, 0.6) is 0 Å². The lowest BCUT2D eigenvalue weighted by atomic mass is 10.1. The molecule has 2 aromatic rings. The maximum absolute atomic E-state index is 12.3. The third kappa shape index (κ3) is 5.40. The second-order valence-electron chi connectivity index (χ2n) is 6.50. The van der Waals surface area contributed by atoms with Crippen LogP contribution in [-0.2, 0) is 25.9 Å². The molecule has 0 heterocycles. The summed E-state index contributed by atoms with van der Waals surface area (Å²) in [6.07, 6.45) is 1.07. The Bertz CT molecular complexity index is 966. The molecule has 0 aliphatic rings. The zero-order valence-electron chi connectivity index (χ0n) is 15.9. The zero-order chi connectivity index (χ0) is 20.2. The summed E-state index contributed by atoms with van der Waals surface area (Å²) in [5.74, 6) is -1.07. The van der Waals surface area contributed by atoms with E-state index in [-0.39, 0.29) is 16.4 Å². The Morgan fingerprint density at radius 1 is 1.04 bits per heavy atom. The summed E-state index contributed by atoms with van der Waals surface area (Å²) in [6.45, 7) is 3.63. The van der Waals surface area contributed by atoms with Gasteiger partial charge in [0.15, 0.2) is 16.4 Å². The van der Waals surface area contributed by atoms with Gasteiger partial charge in [-0.25, -0.2) is 13.2 Å². The number of ether oxygens (including phenoxy) is 1. The minimum atomic E-state index is -3.44. The molecule has 0 atom stereocenters. The van der Waals surface area contributed by atoms with E-state index in [2.05, 4.69) is 0 Å². The third-order valence-corrected chi connectivity index (χ3v) is 5.39. The number of likely N-dealkylation sites (N-methyl/N-ethyl adjacent to an activating group) is 1. The Balaban J connectivity index is 2.03. The molecule has 0 spiro atoms. The van der Waals surface area contributed by atoms with E-state index in [1.165, 1.54) is 17.0 Å². The molecule has 0 fully saturated rings. The van der Waals surface area contributed by atoms with Crippen LogP contribution in [0.4, 0.5) is 0 Å². The molecule has 0 saturated heterocycles. The average Bonchev–Trinajstić information content (AvgIpc) is 2.60. The van der Waals surface area contributed by atoms with Crippen molar-refractivity contribution in [2.75, 3.05) is 19.9 Å². The number of carbonyl (C=O) groups excluding carboxylic acids is 2. The van der Waals surface area contributed by atoms with Gasteiger partial charge in [0.1, 0.15) is 0 Å². The van der Waals surface area contributed by atoms with Gasteiger partial charge in [0.25, 0.3) is 5.91 Å². The largest absolute Gasteiger partial charge is 0.452 e. The normalized spacial score (nSPS) is 11.1. The van der Waals surface area contributed by atoms with Crippen LogP contribution in [-0.4, -0.2) is 45.1 Å². The maximum atomic E-state index is 12.3. The Morgan fingerprint density at radius 2 is 1.70 bits per heavy atom. The highest BCUT2D eigenvalue weighted by Gasteiger charge is 2.18. The van der Waals surface area contributed by atoms with Gasteiger partial charge in [0, 0.05) is 19.8 Å². The summed E-state index contributed by atoms with van der Waals surface area (Å²) in [6, 6.07) is 12.0. The highest BCUT2D eigenvalue weighted by Crippen LogP contribution is 2.17. The fourth-order valence-corrected chi connectivity index (χ4v) is 3.15. The number of benzene rings is 2. The molecular formula is C20H23NO5S. The van der Waals surface area contributed by atoms with Gasteiger partial charge in [-0.2, -0.15) is 0 Å². The van der Waals surface area contributed by atoms with Crippen LogP contribution in [0.25, 0.3) is 0 Å². The van der Waals surface area contributed by atoms with Crippen molar-refractivity contribution >= 4 is 21.7 Å². The van der Waals surface area contributed by atoms with E-state index >= 15 is 0 Å². The zero-order valence-corrected chi connectivity index (χ0v) is 16.7. The van der Waals surface area contributed by atoms with Crippen LogP contribution in [0.1, 0.15) is 27.0 Å². The van der Waals surface area contributed by atoms with E-state index in [1.54, 1.807) is 20.0 Å². The van der Waals surface area contributed by atoms with Gasteiger partial charge in [-0.05, 0) is 42.7 Å².